The molecule has 0 bridgehead atoms. The molecule has 0 spiro atoms. The summed E-state index contributed by atoms with van der Waals surface area (Å²) >= 11 is 0. The molecule has 0 aliphatic heterocycles. The molecule has 1 unspecified atom stereocenters. The van der Waals surface area contributed by atoms with Gasteiger partial charge in [0.15, 0.2) is 5.84 Å². The first-order valence-corrected chi connectivity index (χ1v) is 7.37. The van der Waals surface area contributed by atoms with E-state index in [-0.39, 0.29) is 17.8 Å². The van der Waals surface area contributed by atoms with Gasteiger partial charge in [-0.15, -0.1) is 0 Å². The Morgan fingerprint density at radius 3 is 2.48 bits per heavy atom. The lowest BCUT2D eigenvalue weighted by molar-refractivity contribution is -0.133. The van der Waals surface area contributed by atoms with Gasteiger partial charge < -0.3 is 15.8 Å². The van der Waals surface area contributed by atoms with Crippen LogP contribution in [-0.4, -0.2) is 34.4 Å². The molecule has 1 aromatic rings. The standard InChI is InChI=1S/C16H23N3O2/c1-11(2)19(10-12-8-9-12)16(20)14(15(17)18-21)13-6-4-3-5-7-13/h3-7,11-12,14,21H,8-10H2,1-2H3,(H2,17,18). The minimum Gasteiger partial charge on any atom is -0.409 e. The first-order chi connectivity index (χ1) is 10.0. The van der Waals surface area contributed by atoms with Crippen LogP contribution in [0.25, 0.3) is 0 Å². The van der Waals surface area contributed by atoms with Crippen molar-refractivity contribution in [3.63, 3.8) is 0 Å². The van der Waals surface area contributed by atoms with Crippen LogP contribution in [0.4, 0.5) is 0 Å². The maximum atomic E-state index is 12.9. The second-order valence-corrected chi connectivity index (χ2v) is 5.90. The van der Waals surface area contributed by atoms with E-state index in [2.05, 4.69) is 5.16 Å². The van der Waals surface area contributed by atoms with Crippen LogP contribution in [0, 0.1) is 5.92 Å². The smallest absolute Gasteiger partial charge is 0.238 e. The van der Waals surface area contributed by atoms with Gasteiger partial charge in [0.25, 0.3) is 0 Å². The molecule has 1 aliphatic carbocycles. The zero-order chi connectivity index (χ0) is 15.4. The van der Waals surface area contributed by atoms with E-state index >= 15 is 0 Å². The largest absolute Gasteiger partial charge is 0.409 e. The zero-order valence-electron chi connectivity index (χ0n) is 12.6. The van der Waals surface area contributed by atoms with Crippen LogP contribution in [0.15, 0.2) is 35.5 Å². The van der Waals surface area contributed by atoms with E-state index in [1.165, 1.54) is 12.8 Å². The highest BCUT2D eigenvalue weighted by Gasteiger charge is 2.34. The lowest BCUT2D eigenvalue weighted by Gasteiger charge is -2.30. The predicted octanol–water partition coefficient (Wildman–Crippen LogP) is 2.16. The predicted molar refractivity (Wildman–Crippen MR) is 82.2 cm³/mol. The lowest BCUT2D eigenvalue weighted by atomic mass is 9.95. The molecule has 1 amide bonds. The Hall–Kier alpha value is -2.04. The minimum atomic E-state index is -0.725. The molecule has 0 heterocycles. The van der Waals surface area contributed by atoms with E-state index in [0.717, 1.165) is 12.1 Å². The van der Waals surface area contributed by atoms with E-state index in [0.29, 0.717) is 5.92 Å². The van der Waals surface area contributed by atoms with Crippen molar-refractivity contribution < 1.29 is 10.0 Å². The highest BCUT2D eigenvalue weighted by atomic mass is 16.4. The van der Waals surface area contributed by atoms with Crippen LogP contribution in [0.1, 0.15) is 38.2 Å². The fourth-order valence-electron chi connectivity index (χ4n) is 2.44. The molecule has 114 valence electrons. The molecule has 2 rings (SSSR count). The van der Waals surface area contributed by atoms with Crippen molar-refractivity contribution in [2.75, 3.05) is 6.54 Å². The number of oxime groups is 1. The molecule has 0 aromatic heterocycles. The maximum absolute atomic E-state index is 12.9. The molecule has 5 nitrogen and oxygen atoms in total. The molecular formula is C16H23N3O2. The molecule has 1 saturated carbocycles. The molecule has 1 fully saturated rings. The number of hydrogen-bond donors (Lipinski definition) is 2. The molecule has 21 heavy (non-hydrogen) atoms. The SMILES string of the molecule is CC(C)N(CC1CC1)C(=O)C(C(N)=NO)c1ccccc1. The van der Waals surface area contributed by atoms with Crippen LogP contribution in [0.5, 0.6) is 0 Å². The normalized spacial score (nSPS) is 16.8. The number of amides is 1. The Kier molecular flexibility index (Phi) is 4.83. The number of carbonyl (C=O) groups excluding carboxylic acids is 1. The molecule has 1 aromatic carbocycles. The summed E-state index contributed by atoms with van der Waals surface area (Å²) in [5.41, 5.74) is 6.54. The van der Waals surface area contributed by atoms with E-state index in [1.807, 2.05) is 49.1 Å². The van der Waals surface area contributed by atoms with Gasteiger partial charge in [0.1, 0.15) is 5.92 Å². The third-order valence-corrected chi connectivity index (χ3v) is 3.85. The third kappa shape index (κ3) is 3.74. The van der Waals surface area contributed by atoms with Crippen LogP contribution in [0.3, 0.4) is 0 Å². The van der Waals surface area contributed by atoms with Crippen molar-refractivity contribution in [2.45, 2.75) is 38.6 Å². The summed E-state index contributed by atoms with van der Waals surface area (Å²) in [7, 11) is 0. The molecule has 1 aliphatic rings. The highest BCUT2D eigenvalue weighted by molar-refractivity contribution is 6.07. The quantitative estimate of drug-likeness (QED) is 0.364. The number of benzene rings is 1. The van der Waals surface area contributed by atoms with Crippen molar-refractivity contribution in [2.24, 2.45) is 16.8 Å². The Balaban J connectivity index is 2.28. The molecule has 3 N–H and O–H groups in total. The second kappa shape index (κ2) is 6.61. The summed E-state index contributed by atoms with van der Waals surface area (Å²) in [6.07, 6.45) is 2.35. The average molecular weight is 289 g/mol. The van der Waals surface area contributed by atoms with Crippen LogP contribution in [0.2, 0.25) is 0 Å². The fraction of sp³-hybridized carbons (Fsp3) is 0.500. The summed E-state index contributed by atoms with van der Waals surface area (Å²) in [5.74, 6) is -0.288. The van der Waals surface area contributed by atoms with Gasteiger partial charge in [0, 0.05) is 12.6 Å². The van der Waals surface area contributed by atoms with Gasteiger partial charge in [0.05, 0.1) is 0 Å². The molecule has 1 atom stereocenters. The molecule has 5 heteroatoms. The van der Waals surface area contributed by atoms with Crippen molar-refractivity contribution in [3.05, 3.63) is 35.9 Å². The number of carbonyl (C=O) groups is 1. The van der Waals surface area contributed by atoms with Gasteiger partial charge in [-0.3, -0.25) is 4.79 Å². The van der Waals surface area contributed by atoms with Gasteiger partial charge in [-0.25, -0.2) is 0 Å². The summed E-state index contributed by atoms with van der Waals surface area (Å²) in [4.78, 5) is 14.7. The van der Waals surface area contributed by atoms with Crippen molar-refractivity contribution >= 4 is 11.7 Å². The summed E-state index contributed by atoms with van der Waals surface area (Å²) in [6, 6.07) is 9.33. The van der Waals surface area contributed by atoms with Crippen LogP contribution < -0.4 is 5.73 Å². The van der Waals surface area contributed by atoms with E-state index in [9.17, 15) is 4.79 Å². The lowest BCUT2D eigenvalue weighted by Crippen LogP contribution is -2.45. The summed E-state index contributed by atoms with van der Waals surface area (Å²) in [5, 5.41) is 12.1. The fourth-order valence-corrected chi connectivity index (χ4v) is 2.44. The second-order valence-electron chi connectivity index (χ2n) is 5.90. The van der Waals surface area contributed by atoms with E-state index in [4.69, 9.17) is 10.9 Å². The van der Waals surface area contributed by atoms with Crippen molar-refractivity contribution in [1.29, 1.82) is 0 Å². The number of amidine groups is 1. The van der Waals surface area contributed by atoms with Crippen LogP contribution >= 0.6 is 0 Å². The van der Waals surface area contributed by atoms with Crippen molar-refractivity contribution in [1.82, 2.24) is 4.90 Å². The third-order valence-electron chi connectivity index (χ3n) is 3.85. The van der Waals surface area contributed by atoms with E-state index < -0.39 is 5.92 Å². The minimum absolute atomic E-state index is 0.0624. The zero-order valence-corrected chi connectivity index (χ0v) is 12.6. The molecule has 0 saturated heterocycles. The average Bonchev–Trinajstić information content (AvgIpc) is 3.29. The maximum Gasteiger partial charge on any atom is 0.238 e. The number of hydrogen-bond acceptors (Lipinski definition) is 3. The van der Waals surface area contributed by atoms with Gasteiger partial charge in [0.2, 0.25) is 5.91 Å². The van der Waals surface area contributed by atoms with E-state index in [1.54, 1.807) is 0 Å². The van der Waals surface area contributed by atoms with Gasteiger partial charge in [-0.2, -0.15) is 0 Å². The van der Waals surface area contributed by atoms with Crippen molar-refractivity contribution in [3.8, 4) is 0 Å². The van der Waals surface area contributed by atoms with Crippen LogP contribution in [-0.2, 0) is 4.79 Å². The summed E-state index contributed by atoms with van der Waals surface area (Å²) in [6.45, 7) is 4.74. The Bertz CT molecular complexity index is 510. The first-order valence-electron chi connectivity index (χ1n) is 7.37. The van der Waals surface area contributed by atoms with Gasteiger partial charge in [-0.05, 0) is 38.2 Å². The first kappa shape index (κ1) is 15.4. The number of nitrogens with two attached hydrogens (primary N) is 1. The monoisotopic (exact) mass is 289 g/mol. The van der Waals surface area contributed by atoms with Gasteiger partial charge >= 0.3 is 0 Å². The summed E-state index contributed by atoms with van der Waals surface area (Å²) < 4.78 is 0. The molecule has 0 radical (unpaired) electrons. The Morgan fingerprint density at radius 1 is 1.38 bits per heavy atom. The number of nitrogens with zero attached hydrogens (tertiary/aromatic N) is 2. The molecular weight excluding hydrogens is 266 g/mol. The Labute approximate surface area is 125 Å². The Morgan fingerprint density at radius 2 is 2.00 bits per heavy atom. The topological polar surface area (TPSA) is 78.9 Å². The number of rotatable bonds is 6. The van der Waals surface area contributed by atoms with Gasteiger partial charge in [-0.1, -0.05) is 35.5 Å². The highest BCUT2D eigenvalue weighted by Crippen LogP contribution is 2.31.